The normalized spacial score (nSPS) is 37.9. The quantitative estimate of drug-likeness (QED) is 0.788. The third-order valence-corrected chi connectivity index (χ3v) is 5.27. The van der Waals surface area contributed by atoms with Crippen molar-refractivity contribution in [2.75, 3.05) is 13.7 Å². The number of esters is 1. The Labute approximate surface area is 122 Å². The summed E-state index contributed by atoms with van der Waals surface area (Å²) in [5, 5.41) is 0. The van der Waals surface area contributed by atoms with E-state index in [1.807, 2.05) is 0 Å². The summed E-state index contributed by atoms with van der Waals surface area (Å²) in [6, 6.07) is 0. The average molecular weight is 283 g/mol. The van der Waals surface area contributed by atoms with Gasteiger partial charge >= 0.3 is 5.97 Å². The van der Waals surface area contributed by atoms with Gasteiger partial charge in [0.2, 0.25) is 0 Å². The summed E-state index contributed by atoms with van der Waals surface area (Å²) in [6.07, 6.45) is 9.09. The van der Waals surface area contributed by atoms with E-state index in [4.69, 9.17) is 15.2 Å². The van der Waals surface area contributed by atoms with Crippen LogP contribution in [0.4, 0.5) is 0 Å². The smallest absolute Gasteiger partial charge is 0.326 e. The lowest BCUT2D eigenvalue weighted by Gasteiger charge is -2.31. The molecule has 2 fully saturated rings. The molecule has 0 aromatic heterocycles. The first kappa shape index (κ1) is 15.8. The lowest BCUT2D eigenvalue weighted by atomic mass is 9.85. The highest BCUT2D eigenvalue weighted by Gasteiger charge is 2.46. The van der Waals surface area contributed by atoms with Crippen LogP contribution in [0.15, 0.2) is 0 Å². The van der Waals surface area contributed by atoms with Gasteiger partial charge in [-0.2, -0.15) is 0 Å². The Morgan fingerprint density at radius 3 is 2.70 bits per heavy atom. The Bertz CT molecular complexity index is 334. The molecule has 2 saturated carbocycles. The predicted octanol–water partition coefficient (Wildman–Crippen LogP) is 2.64. The van der Waals surface area contributed by atoms with Crippen molar-refractivity contribution in [1.29, 1.82) is 0 Å². The molecule has 4 heteroatoms. The molecule has 2 N–H and O–H groups in total. The first-order chi connectivity index (χ1) is 9.58. The monoisotopic (exact) mass is 283 g/mol. The van der Waals surface area contributed by atoms with E-state index in [0.717, 1.165) is 32.3 Å². The number of hydrogen-bond acceptors (Lipinski definition) is 4. The van der Waals surface area contributed by atoms with E-state index in [0.29, 0.717) is 12.0 Å². The summed E-state index contributed by atoms with van der Waals surface area (Å²) in [5.41, 5.74) is 5.49. The first-order valence-electron chi connectivity index (χ1n) is 8.07. The molecule has 2 aliphatic rings. The van der Waals surface area contributed by atoms with Gasteiger partial charge in [0.25, 0.3) is 0 Å². The molecular weight excluding hydrogens is 254 g/mol. The molecule has 0 bridgehead atoms. The second kappa shape index (κ2) is 6.90. The van der Waals surface area contributed by atoms with Crippen LogP contribution in [0, 0.1) is 11.8 Å². The second-order valence-electron chi connectivity index (χ2n) is 6.58. The molecule has 0 heterocycles. The molecule has 4 unspecified atom stereocenters. The van der Waals surface area contributed by atoms with E-state index in [1.54, 1.807) is 0 Å². The number of ether oxygens (including phenoxy) is 2. The Morgan fingerprint density at radius 1 is 1.25 bits per heavy atom. The SMILES string of the molecule is COC(=O)C1(N)CCCC1CCOC1CCCCC1C. The zero-order valence-corrected chi connectivity index (χ0v) is 12.9. The minimum Gasteiger partial charge on any atom is -0.468 e. The zero-order valence-electron chi connectivity index (χ0n) is 12.9. The number of nitrogens with two attached hydrogens (primary N) is 1. The van der Waals surface area contributed by atoms with Crippen molar-refractivity contribution in [3.63, 3.8) is 0 Å². The molecule has 0 spiro atoms. The Balaban J connectivity index is 1.79. The number of carbonyl (C=O) groups excluding carboxylic acids is 1. The van der Waals surface area contributed by atoms with Gasteiger partial charge in [0, 0.05) is 6.61 Å². The lowest BCUT2D eigenvalue weighted by molar-refractivity contribution is -0.148. The largest absolute Gasteiger partial charge is 0.468 e. The highest BCUT2D eigenvalue weighted by Crippen LogP contribution is 2.37. The Kier molecular flexibility index (Phi) is 5.44. The van der Waals surface area contributed by atoms with Gasteiger partial charge in [-0.25, -0.2) is 0 Å². The maximum Gasteiger partial charge on any atom is 0.326 e. The van der Waals surface area contributed by atoms with Gasteiger partial charge in [-0.3, -0.25) is 4.79 Å². The van der Waals surface area contributed by atoms with Gasteiger partial charge < -0.3 is 15.2 Å². The molecule has 116 valence electrons. The average Bonchev–Trinajstić information content (AvgIpc) is 2.83. The molecule has 0 aliphatic heterocycles. The molecule has 2 rings (SSSR count). The third kappa shape index (κ3) is 3.34. The van der Waals surface area contributed by atoms with E-state index >= 15 is 0 Å². The first-order valence-corrected chi connectivity index (χ1v) is 8.07. The molecule has 2 aliphatic carbocycles. The van der Waals surface area contributed by atoms with E-state index in [9.17, 15) is 4.79 Å². The van der Waals surface area contributed by atoms with Crippen LogP contribution in [0.1, 0.15) is 58.3 Å². The predicted molar refractivity (Wildman–Crippen MR) is 78.3 cm³/mol. The number of hydrogen-bond donors (Lipinski definition) is 1. The molecule has 0 radical (unpaired) electrons. The topological polar surface area (TPSA) is 61.5 Å². The standard InChI is InChI=1S/C16H29NO3/c1-12-6-3-4-8-14(12)20-11-9-13-7-5-10-16(13,17)15(18)19-2/h12-14H,3-11,17H2,1-2H3. The summed E-state index contributed by atoms with van der Waals surface area (Å²) >= 11 is 0. The van der Waals surface area contributed by atoms with Crippen molar-refractivity contribution in [3.05, 3.63) is 0 Å². The van der Waals surface area contributed by atoms with Gasteiger partial charge in [-0.05, 0) is 43.9 Å². The van der Waals surface area contributed by atoms with Crippen molar-refractivity contribution in [2.45, 2.75) is 69.9 Å². The highest BCUT2D eigenvalue weighted by molar-refractivity contribution is 5.81. The van der Waals surface area contributed by atoms with Crippen LogP contribution in [-0.4, -0.2) is 31.3 Å². The van der Waals surface area contributed by atoms with Crippen LogP contribution in [0.3, 0.4) is 0 Å². The van der Waals surface area contributed by atoms with Crippen LogP contribution >= 0.6 is 0 Å². The summed E-state index contributed by atoms with van der Waals surface area (Å²) in [4.78, 5) is 11.9. The van der Waals surface area contributed by atoms with Gasteiger partial charge in [-0.1, -0.05) is 26.2 Å². The molecule has 0 amide bonds. The Hall–Kier alpha value is -0.610. The van der Waals surface area contributed by atoms with E-state index in [2.05, 4.69) is 6.92 Å². The van der Waals surface area contributed by atoms with Crippen molar-refractivity contribution in [2.24, 2.45) is 17.6 Å². The molecule has 20 heavy (non-hydrogen) atoms. The van der Waals surface area contributed by atoms with Crippen molar-refractivity contribution < 1.29 is 14.3 Å². The van der Waals surface area contributed by atoms with Crippen LogP contribution in [0.25, 0.3) is 0 Å². The molecule has 4 atom stereocenters. The molecule has 0 aromatic carbocycles. The fourth-order valence-electron chi connectivity index (χ4n) is 3.85. The van der Waals surface area contributed by atoms with Crippen LogP contribution in [0.5, 0.6) is 0 Å². The number of carbonyl (C=O) groups is 1. The third-order valence-electron chi connectivity index (χ3n) is 5.27. The van der Waals surface area contributed by atoms with Crippen LogP contribution in [0.2, 0.25) is 0 Å². The van der Waals surface area contributed by atoms with Gasteiger partial charge in [0.1, 0.15) is 5.54 Å². The second-order valence-corrected chi connectivity index (χ2v) is 6.58. The number of rotatable bonds is 5. The van der Waals surface area contributed by atoms with Gasteiger partial charge in [0.05, 0.1) is 13.2 Å². The highest BCUT2D eigenvalue weighted by atomic mass is 16.5. The van der Waals surface area contributed by atoms with Crippen LogP contribution in [-0.2, 0) is 14.3 Å². The summed E-state index contributed by atoms with van der Waals surface area (Å²) in [7, 11) is 1.42. The molecule has 0 aromatic rings. The molecular formula is C16H29NO3. The Morgan fingerprint density at radius 2 is 2.00 bits per heavy atom. The van der Waals surface area contributed by atoms with Crippen molar-refractivity contribution in [1.82, 2.24) is 0 Å². The maximum atomic E-state index is 11.9. The van der Waals surface area contributed by atoms with Crippen molar-refractivity contribution >= 4 is 5.97 Å². The minimum atomic E-state index is -0.781. The van der Waals surface area contributed by atoms with Crippen molar-refractivity contribution in [3.8, 4) is 0 Å². The van der Waals surface area contributed by atoms with E-state index < -0.39 is 5.54 Å². The van der Waals surface area contributed by atoms with E-state index in [-0.39, 0.29) is 11.9 Å². The van der Waals surface area contributed by atoms with Gasteiger partial charge in [0.15, 0.2) is 0 Å². The van der Waals surface area contributed by atoms with Crippen LogP contribution < -0.4 is 5.73 Å². The molecule has 0 saturated heterocycles. The summed E-state index contributed by atoms with van der Waals surface area (Å²) in [5.74, 6) is 0.607. The maximum absolute atomic E-state index is 11.9. The van der Waals surface area contributed by atoms with E-state index in [1.165, 1.54) is 32.8 Å². The fourth-order valence-corrected chi connectivity index (χ4v) is 3.85. The lowest BCUT2D eigenvalue weighted by Crippen LogP contribution is -2.52. The molecule has 4 nitrogen and oxygen atoms in total. The zero-order chi connectivity index (χ0) is 14.6. The number of methoxy groups -OCH3 is 1. The minimum absolute atomic E-state index is 0.203. The summed E-state index contributed by atoms with van der Waals surface area (Å²) < 4.78 is 10.9. The van der Waals surface area contributed by atoms with Gasteiger partial charge in [-0.15, -0.1) is 0 Å². The fraction of sp³-hybridized carbons (Fsp3) is 0.938. The summed E-state index contributed by atoms with van der Waals surface area (Å²) in [6.45, 7) is 3.00.